The fourth-order valence-electron chi connectivity index (χ4n) is 3.87. The maximum Gasteiger partial charge on any atom is 0.123 e. The molecule has 2 fully saturated rings. The Hall–Kier alpha value is -0.370. The summed E-state index contributed by atoms with van der Waals surface area (Å²) in [5, 5.41) is 0. The van der Waals surface area contributed by atoms with Gasteiger partial charge in [0.25, 0.3) is 0 Å². The predicted molar refractivity (Wildman–Crippen MR) is 78.1 cm³/mol. The third kappa shape index (κ3) is 4.59. The molecule has 0 amide bonds. The van der Waals surface area contributed by atoms with E-state index in [1.807, 2.05) is 0 Å². The highest BCUT2D eigenvalue weighted by molar-refractivity contribution is 5.53. The quantitative estimate of drug-likeness (QED) is 0.527. The summed E-state index contributed by atoms with van der Waals surface area (Å²) in [5.74, 6) is 2.18. The first-order valence-corrected chi connectivity index (χ1v) is 8.40. The van der Waals surface area contributed by atoms with Crippen LogP contribution in [-0.2, 0) is 9.53 Å². The summed E-state index contributed by atoms with van der Waals surface area (Å²) in [4.78, 5) is 10.8. The molecule has 0 aromatic rings. The maximum atomic E-state index is 10.8. The average Bonchev–Trinajstić information content (AvgIpc) is 2.48. The standard InChI is InChI=1S/C17H30O2/c1-2-3-12-19-17-10-8-16(9-11-17)15-6-4-14(13-18)5-7-15/h13-17H,2-12H2,1H3. The van der Waals surface area contributed by atoms with Crippen LogP contribution in [0.4, 0.5) is 0 Å². The Kier molecular flexibility index (Phi) is 6.36. The van der Waals surface area contributed by atoms with Crippen LogP contribution >= 0.6 is 0 Å². The molecule has 0 saturated heterocycles. The second kappa shape index (κ2) is 8.04. The van der Waals surface area contributed by atoms with Gasteiger partial charge < -0.3 is 9.53 Å². The van der Waals surface area contributed by atoms with Gasteiger partial charge in [0.2, 0.25) is 0 Å². The number of aldehydes is 1. The zero-order valence-electron chi connectivity index (χ0n) is 12.5. The lowest BCUT2D eigenvalue weighted by Gasteiger charge is -2.36. The minimum absolute atomic E-state index is 0.366. The van der Waals surface area contributed by atoms with E-state index in [2.05, 4.69) is 6.92 Å². The number of ether oxygens (including phenoxy) is 1. The first kappa shape index (κ1) is 15.0. The summed E-state index contributed by atoms with van der Waals surface area (Å²) in [6.45, 7) is 3.17. The Morgan fingerprint density at radius 1 is 0.947 bits per heavy atom. The van der Waals surface area contributed by atoms with E-state index in [1.165, 1.54) is 57.7 Å². The average molecular weight is 266 g/mol. The highest BCUT2D eigenvalue weighted by atomic mass is 16.5. The molecule has 2 rings (SSSR count). The third-order valence-electron chi connectivity index (χ3n) is 5.25. The lowest BCUT2D eigenvalue weighted by molar-refractivity contribution is -0.112. The van der Waals surface area contributed by atoms with Crippen LogP contribution in [0.5, 0.6) is 0 Å². The van der Waals surface area contributed by atoms with Crippen molar-refractivity contribution in [3.63, 3.8) is 0 Å². The van der Waals surface area contributed by atoms with Crippen LogP contribution in [0.25, 0.3) is 0 Å². The molecule has 0 aliphatic heterocycles. The van der Waals surface area contributed by atoms with Crippen molar-refractivity contribution >= 4 is 6.29 Å². The molecule has 19 heavy (non-hydrogen) atoms. The Labute approximate surface area is 118 Å². The van der Waals surface area contributed by atoms with Gasteiger partial charge >= 0.3 is 0 Å². The molecule has 0 radical (unpaired) electrons. The molecule has 2 nitrogen and oxygen atoms in total. The molecular formula is C17H30O2. The number of hydrogen-bond donors (Lipinski definition) is 0. The fraction of sp³-hybridized carbons (Fsp3) is 0.941. The molecule has 0 aromatic heterocycles. The van der Waals surface area contributed by atoms with E-state index in [1.54, 1.807) is 0 Å². The van der Waals surface area contributed by atoms with Crippen molar-refractivity contribution in [2.45, 2.75) is 77.2 Å². The van der Waals surface area contributed by atoms with Crippen molar-refractivity contribution in [1.29, 1.82) is 0 Å². The van der Waals surface area contributed by atoms with Crippen LogP contribution in [0.15, 0.2) is 0 Å². The highest BCUT2D eigenvalue weighted by Crippen LogP contribution is 2.40. The number of unbranched alkanes of at least 4 members (excludes halogenated alkanes) is 1. The highest BCUT2D eigenvalue weighted by Gasteiger charge is 2.30. The first-order chi connectivity index (χ1) is 9.33. The molecule has 110 valence electrons. The van der Waals surface area contributed by atoms with Crippen molar-refractivity contribution in [3.05, 3.63) is 0 Å². The fourth-order valence-corrected chi connectivity index (χ4v) is 3.87. The number of rotatable bonds is 6. The smallest absolute Gasteiger partial charge is 0.123 e. The molecule has 2 aliphatic rings. The molecule has 2 heteroatoms. The van der Waals surface area contributed by atoms with Gasteiger partial charge in [-0.2, -0.15) is 0 Å². The van der Waals surface area contributed by atoms with Gasteiger partial charge in [-0.25, -0.2) is 0 Å². The predicted octanol–water partition coefficient (Wildman–Crippen LogP) is 4.37. The minimum Gasteiger partial charge on any atom is -0.378 e. The van der Waals surface area contributed by atoms with Crippen molar-refractivity contribution < 1.29 is 9.53 Å². The molecule has 0 unspecified atom stereocenters. The summed E-state index contributed by atoms with van der Waals surface area (Å²) in [5.41, 5.74) is 0. The summed E-state index contributed by atoms with van der Waals surface area (Å²) in [6.07, 6.45) is 14.2. The van der Waals surface area contributed by atoms with E-state index in [9.17, 15) is 4.79 Å². The summed E-state index contributed by atoms with van der Waals surface area (Å²) in [7, 11) is 0. The monoisotopic (exact) mass is 266 g/mol. The first-order valence-electron chi connectivity index (χ1n) is 8.40. The Morgan fingerprint density at radius 2 is 1.53 bits per heavy atom. The number of carbonyl (C=O) groups is 1. The Morgan fingerprint density at radius 3 is 2.05 bits per heavy atom. The van der Waals surface area contributed by atoms with Crippen LogP contribution in [-0.4, -0.2) is 19.0 Å². The maximum absolute atomic E-state index is 10.8. The van der Waals surface area contributed by atoms with Crippen LogP contribution in [0.2, 0.25) is 0 Å². The topological polar surface area (TPSA) is 26.3 Å². The van der Waals surface area contributed by atoms with Gasteiger partial charge in [0.1, 0.15) is 6.29 Å². The van der Waals surface area contributed by atoms with Crippen LogP contribution in [0, 0.1) is 17.8 Å². The molecule has 0 N–H and O–H groups in total. The second-order valence-corrected chi connectivity index (χ2v) is 6.57. The number of hydrogen-bond acceptors (Lipinski definition) is 2. The third-order valence-corrected chi connectivity index (χ3v) is 5.25. The largest absolute Gasteiger partial charge is 0.378 e. The van der Waals surface area contributed by atoms with Crippen LogP contribution in [0.1, 0.15) is 71.1 Å². The molecule has 2 saturated carbocycles. The normalized spacial score (nSPS) is 36.1. The van der Waals surface area contributed by atoms with Gasteiger partial charge in [-0.05, 0) is 69.6 Å². The SMILES string of the molecule is CCCCOC1CCC(C2CCC(C=O)CC2)CC1. The lowest BCUT2D eigenvalue weighted by atomic mass is 9.71. The number of carbonyl (C=O) groups excluding carboxylic acids is 1. The van der Waals surface area contributed by atoms with Gasteiger partial charge in [-0.1, -0.05) is 13.3 Å². The molecule has 0 spiro atoms. The van der Waals surface area contributed by atoms with E-state index >= 15 is 0 Å². The van der Waals surface area contributed by atoms with Gasteiger partial charge in [0, 0.05) is 12.5 Å². The van der Waals surface area contributed by atoms with Gasteiger partial charge in [0.05, 0.1) is 6.10 Å². The van der Waals surface area contributed by atoms with E-state index in [-0.39, 0.29) is 0 Å². The Bertz CT molecular complexity index is 248. The van der Waals surface area contributed by atoms with Crippen molar-refractivity contribution in [2.24, 2.45) is 17.8 Å². The zero-order chi connectivity index (χ0) is 13.5. The molecule has 0 heterocycles. The van der Waals surface area contributed by atoms with Crippen LogP contribution in [0.3, 0.4) is 0 Å². The van der Waals surface area contributed by atoms with E-state index in [0.717, 1.165) is 31.3 Å². The van der Waals surface area contributed by atoms with E-state index in [0.29, 0.717) is 12.0 Å². The van der Waals surface area contributed by atoms with Gasteiger partial charge in [0.15, 0.2) is 0 Å². The van der Waals surface area contributed by atoms with Gasteiger partial charge in [-0.3, -0.25) is 0 Å². The summed E-state index contributed by atoms with van der Waals surface area (Å²) in [6, 6.07) is 0. The van der Waals surface area contributed by atoms with Gasteiger partial charge in [-0.15, -0.1) is 0 Å². The minimum atomic E-state index is 0.366. The second-order valence-electron chi connectivity index (χ2n) is 6.57. The summed E-state index contributed by atoms with van der Waals surface area (Å²) >= 11 is 0. The zero-order valence-corrected chi connectivity index (χ0v) is 12.5. The van der Waals surface area contributed by atoms with E-state index in [4.69, 9.17) is 4.74 Å². The van der Waals surface area contributed by atoms with Crippen molar-refractivity contribution in [2.75, 3.05) is 6.61 Å². The summed E-state index contributed by atoms with van der Waals surface area (Å²) < 4.78 is 5.95. The van der Waals surface area contributed by atoms with Crippen LogP contribution < -0.4 is 0 Å². The van der Waals surface area contributed by atoms with E-state index < -0.39 is 0 Å². The molecule has 2 aliphatic carbocycles. The molecular weight excluding hydrogens is 236 g/mol. The molecule has 0 bridgehead atoms. The van der Waals surface area contributed by atoms with Crippen molar-refractivity contribution in [1.82, 2.24) is 0 Å². The van der Waals surface area contributed by atoms with Crippen molar-refractivity contribution in [3.8, 4) is 0 Å². The molecule has 0 aromatic carbocycles. The Balaban J connectivity index is 1.64. The lowest BCUT2D eigenvalue weighted by Crippen LogP contribution is -2.29. The molecule has 0 atom stereocenters.